The van der Waals surface area contributed by atoms with Crippen molar-refractivity contribution < 1.29 is 19.8 Å². The van der Waals surface area contributed by atoms with Gasteiger partial charge in [0, 0.05) is 38.4 Å². The molecule has 234 valence electrons. The highest BCUT2D eigenvalue weighted by molar-refractivity contribution is 5.87. The molecule has 0 aliphatic carbocycles. The van der Waals surface area contributed by atoms with Crippen LogP contribution in [0.5, 0.6) is 0 Å². The standard InChI is InChI=1S/C31H55N5O5/c1-3-28(2)33-22-24-34(25-23-33)30-20-19-29(27-32-30)31(37)35(38)21-17-15-13-11-9-7-5-4-6-8-10-12-14-16-18-26-41-36(39)40/h19-20,27-28,35H,3-18,21-26H2,1-2H3. The Kier molecular flexibility index (Phi) is 18.2. The minimum atomic E-state index is -0.720. The molecule has 1 aliphatic rings. The topological polar surface area (TPSA) is 116 Å². The Bertz CT molecular complexity index is 833. The molecule has 1 aromatic rings. The SMILES string of the molecule is CCC(C)N1CCN(c2ccc(C(=O)[NH+]([O-])CCCCCCCCCCCCCCCCCO[N+](=O)[O-])cn2)CC1. The maximum absolute atomic E-state index is 12.6. The lowest BCUT2D eigenvalue weighted by molar-refractivity contribution is -0.757. The first-order valence-electron chi connectivity index (χ1n) is 16.2. The van der Waals surface area contributed by atoms with Crippen LogP contribution in [0.2, 0.25) is 0 Å². The molecule has 10 nitrogen and oxygen atoms in total. The van der Waals surface area contributed by atoms with E-state index in [2.05, 4.69) is 33.5 Å². The molecule has 1 fully saturated rings. The van der Waals surface area contributed by atoms with E-state index in [1.807, 2.05) is 6.07 Å². The van der Waals surface area contributed by atoms with Crippen molar-refractivity contribution in [1.82, 2.24) is 9.88 Å². The molecule has 2 rings (SSSR count). The third-order valence-corrected chi connectivity index (χ3v) is 8.36. The van der Waals surface area contributed by atoms with Crippen molar-refractivity contribution in [2.45, 2.75) is 123 Å². The Morgan fingerprint density at radius 1 is 0.902 bits per heavy atom. The van der Waals surface area contributed by atoms with Gasteiger partial charge >= 0.3 is 5.91 Å². The van der Waals surface area contributed by atoms with Gasteiger partial charge in [-0.05, 0) is 44.7 Å². The highest BCUT2D eigenvalue weighted by atomic mass is 16.9. The number of carbonyl (C=O) groups excluding carboxylic acids is 1. The monoisotopic (exact) mass is 577 g/mol. The molecule has 1 N–H and O–H groups in total. The molecular weight excluding hydrogens is 522 g/mol. The summed E-state index contributed by atoms with van der Waals surface area (Å²) in [6.45, 7) is 8.94. The zero-order valence-corrected chi connectivity index (χ0v) is 25.7. The first kappa shape index (κ1) is 34.9. The highest BCUT2D eigenvalue weighted by Crippen LogP contribution is 2.16. The molecule has 0 bridgehead atoms. The number of pyridine rings is 1. The largest absolute Gasteiger partial charge is 0.626 e. The Labute approximate surface area is 247 Å². The second-order valence-corrected chi connectivity index (χ2v) is 11.5. The lowest BCUT2D eigenvalue weighted by atomic mass is 10.0. The van der Waals surface area contributed by atoms with Crippen molar-refractivity contribution in [2.24, 2.45) is 0 Å². The van der Waals surface area contributed by atoms with Crippen LogP contribution in [0, 0.1) is 15.3 Å². The molecule has 0 spiro atoms. The van der Waals surface area contributed by atoms with Gasteiger partial charge in [-0.2, -0.15) is 0 Å². The van der Waals surface area contributed by atoms with E-state index in [4.69, 9.17) is 0 Å². The zero-order valence-electron chi connectivity index (χ0n) is 25.7. The third-order valence-electron chi connectivity index (χ3n) is 8.36. The van der Waals surface area contributed by atoms with Gasteiger partial charge in [0.1, 0.15) is 5.82 Å². The van der Waals surface area contributed by atoms with E-state index in [0.29, 0.717) is 18.2 Å². The fraction of sp³-hybridized carbons (Fsp3) is 0.806. The maximum atomic E-state index is 12.6. The number of hydroxylamine groups is 2. The van der Waals surface area contributed by atoms with Gasteiger partial charge in [0.25, 0.3) is 5.09 Å². The van der Waals surface area contributed by atoms with Crippen molar-refractivity contribution in [3.8, 4) is 0 Å². The van der Waals surface area contributed by atoms with Crippen LogP contribution in [-0.4, -0.2) is 66.3 Å². The Balaban J connectivity index is 1.42. The summed E-state index contributed by atoms with van der Waals surface area (Å²) in [5.74, 6) is 0.470. The molecule has 2 unspecified atom stereocenters. The number of nitrogens with one attached hydrogen (secondary N) is 1. The summed E-state index contributed by atoms with van der Waals surface area (Å²) in [7, 11) is 0. The average molecular weight is 578 g/mol. The van der Waals surface area contributed by atoms with Crippen LogP contribution in [0.25, 0.3) is 0 Å². The summed E-state index contributed by atoms with van der Waals surface area (Å²) in [5, 5.41) is 21.5. The van der Waals surface area contributed by atoms with Crippen molar-refractivity contribution in [3.63, 3.8) is 0 Å². The fourth-order valence-electron chi connectivity index (χ4n) is 5.46. The molecule has 2 atom stereocenters. The van der Waals surface area contributed by atoms with Crippen LogP contribution in [0.15, 0.2) is 18.3 Å². The summed E-state index contributed by atoms with van der Waals surface area (Å²) in [6.07, 6.45) is 19.8. The second-order valence-electron chi connectivity index (χ2n) is 11.5. The number of anilines is 1. The zero-order chi connectivity index (χ0) is 29.7. The number of hydrogen-bond donors (Lipinski definition) is 1. The quantitative estimate of drug-likeness (QED) is 0.102. The molecule has 0 saturated carbocycles. The van der Waals surface area contributed by atoms with Crippen molar-refractivity contribution in [1.29, 1.82) is 0 Å². The molecule has 2 heterocycles. The van der Waals surface area contributed by atoms with Crippen molar-refractivity contribution in [2.75, 3.05) is 44.2 Å². The van der Waals surface area contributed by atoms with Crippen LogP contribution >= 0.6 is 0 Å². The van der Waals surface area contributed by atoms with E-state index >= 15 is 0 Å². The predicted molar refractivity (Wildman–Crippen MR) is 164 cm³/mol. The Morgan fingerprint density at radius 3 is 1.88 bits per heavy atom. The van der Waals surface area contributed by atoms with E-state index < -0.39 is 11.0 Å². The van der Waals surface area contributed by atoms with Gasteiger partial charge in [-0.1, -0.05) is 84.0 Å². The van der Waals surface area contributed by atoms with Crippen molar-refractivity contribution in [3.05, 3.63) is 39.2 Å². The molecule has 1 amide bonds. The van der Waals surface area contributed by atoms with E-state index in [0.717, 1.165) is 76.9 Å². The number of aromatic nitrogens is 1. The molecule has 0 radical (unpaired) electrons. The first-order chi connectivity index (χ1) is 19.9. The number of hydrogen-bond acceptors (Lipinski definition) is 8. The average Bonchev–Trinajstić information content (AvgIpc) is 2.99. The van der Waals surface area contributed by atoms with Gasteiger partial charge < -0.3 is 20.0 Å². The summed E-state index contributed by atoms with van der Waals surface area (Å²) in [4.78, 5) is 36.2. The highest BCUT2D eigenvalue weighted by Gasteiger charge is 2.21. The van der Waals surface area contributed by atoms with E-state index in [9.17, 15) is 20.1 Å². The third kappa shape index (κ3) is 14.9. The Hall–Kier alpha value is -2.30. The van der Waals surface area contributed by atoms with Gasteiger partial charge in [-0.3, -0.25) is 4.90 Å². The molecule has 41 heavy (non-hydrogen) atoms. The van der Waals surface area contributed by atoms with Gasteiger partial charge in [0.15, 0.2) is 0 Å². The predicted octanol–water partition coefficient (Wildman–Crippen LogP) is 5.58. The lowest BCUT2D eigenvalue weighted by Crippen LogP contribution is -3.10. The van der Waals surface area contributed by atoms with Gasteiger partial charge in [-0.15, -0.1) is 10.1 Å². The summed E-state index contributed by atoms with van der Waals surface area (Å²) in [6, 6.07) is 4.23. The molecular formula is C31H55N5O5. The number of nitrogens with zero attached hydrogens (tertiary/aromatic N) is 4. The van der Waals surface area contributed by atoms with Crippen LogP contribution < -0.4 is 9.96 Å². The van der Waals surface area contributed by atoms with Crippen LogP contribution in [0.4, 0.5) is 5.82 Å². The fourth-order valence-corrected chi connectivity index (χ4v) is 5.46. The minimum Gasteiger partial charge on any atom is -0.626 e. The van der Waals surface area contributed by atoms with Crippen LogP contribution in [-0.2, 0) is 4.84 Å². The van der Waals surface area contributed by atoms with Gasteiger partial charge in [-0.25, -0.2) is 9.78 Å². The molecule has 0 aromatic carbocycles. The van der Waals surface area contributed by atoms with Gasteiger partial charge in [0.2, 0.25) is 0 Å². The van der Waals surface area contributed by atoms with E-state index in [1.165, 1.54) is 57.8 Å². The number of rotatable bonds is 23. The summed E-state index contributed by atoms with van der Waals surface area (Å²) in [5.41, 5.74) is 0.400. The van der Waals surface area contributed by atoms with Gasteiger partial charge in [0.05, 0.1) is 18.7 Å². The number of piperazine rings is 1. The number of carbonyl (C=O) groups is 1. The first-order valence-corrected chi connectivity index (χ1v) is 16.2. The van der Waals surface area contributed by atoms with E-state index in [-0.39, 0.29) is 11.7 Å². The molecule has 1 aromatic heterocycles. The maximum Gasteiger partial charge on any atom is 0.345 e. The number of unbranched alkanes of at least 4 members (excludes halogenated alkanes) is 14. The van der Waals surface area contributed by atoms with Crippen LogP contribution in [0.1, 0.15) is 127 Å². The number of amides is 1. The minimum absolute atomic E-state index is 0.217. The normalized spacial score (nSPS) is 15.5. The van der Waals surface area contributed by atoms with E-state index in [1.54, 1.807) is 12.3 Å². The Morgan fingerprint density at radius 2 is 1.41 bits per heavy atom. The molecule has 10 heteroatoms. The lowest BCUT2D eigenvalue weighted by Gasteiger charge is -2.38. The second kappa shape index (κ2) is 21.4. The number of quaternary nitrogens is 1. The summed E-state index contributed by atoms with van der Waals surface area (Å²) < 4.78 is 0. The van der Waals surface area contributed by atoms with Crippen LogP contribution in [0.3, 0.4) is 0 Å². The van der Waals surface area contributed by atoms with Crippen molar-refractivity contribution >= 4 is 11.7 Å². The smallest absolute Gasteiger partial charge is 0.345 e. The molecule has 1 aliphatic heterocycles. The molecule has 1 saturated heterocycles. The summed E-state index contributed by atoms with van der Waals surface area (Å²) >= 11 is 0.